The Morgan fingerprint density at radius 3 is 2.62 bits per heavy atom. The van der Waals surface area contributed by atoms with Crippen LogP contribution in [-0.2, 0) is 0 Å². The van der Waals surface area contributed by atoms with Crippen molar-refractivity contribution in [1.29, 1.82) is 0 Å². The van der Waals surface area contributed by atoms with Gasteiger partial charge in [0.1, 0.15) is 5.82 Å². The van der Waals surface area contributed by atoms with E-state index < -0.39 is 5.97 Å². The third-order valence-corrected chi connectivity index (χ3v) is 2.15. The quantitative estimate of drug-likeness (QED) is 0.779. The molecule has 0 aliphatic carbocycles. The van der Waals surface area contributed by atoms with Crippen LogP contribution in [0.15, 0.2) is 47.3 Å². The molecule has 1 aromatic rings. The van der Waals surface area contributed by atoms with E-state index in [2.05, 4.69) is 10.5 Å². The molecule has 0 spiro atoms. The maximum atomic E-state index is 12.9. The van der Waals surface area contributed by atoms with Crippen molar-refractivity contribution in [3.8, 4) is 0 Å². The van der Waals surface area contributed by atoms with Gasteiger partial charge in [0.2, 0.25) is 5.97 Å². The molecule has 2 rings (SSSR count). The zero-order valence-electron chi connectivity index (χ0n) is 8.56. The van der Waals surface area contributed by atoms with Crippen LogP contribution in [0.5, 0.6) is 0 Å². The number of halogens is 2. The van der Waals surface area contributed by atoms with E-state index in [1.165, 1.54) is 0 Å². The van der Waals surface area contributed by atoms with E-state index >= 15 is 0 Å². The molecular formula is C10H10F2N4. The van der Waals surface area contributed by atoms with Gasteiger partial charge in [-0.2, -0.15) is 4.39 Å². The molecule has 1 aliphatic rings. The number of hydrogen-bond donors (Lipinski definition) is 1. The molecule has 1 N–H and O–H groups in total. The standard InChI is InChI=1S/C10H10F2N4/c1-15(8-5-3-2-4-6-8)10-7-9(11)13-16(12)14-10/h2-7,14H,1H3. The molecule has 16 heavy (non-hydrogen) atoms. The molecule has 0 radical (unpaired) electrons. The molecule has 0 atom stereocenters. The smallest absolute Gasteiger partial charge is 0.239 e. The molecule has 1 aromatic carbocycles. The lowest BCUT2D eigenvalue weighted by atomic mass is 10.3. The first-order valence-corrected chi connectivity index (χ1v) is 4.64. The minimum absolute atomic E-state index is 0.163. The first kappa shape index (κ1) is 10.4. The molecule has 84 valence electrons. The predicted molar refractivity (Wildman–Crippen MR) is 57.6 cm³/mol. The molecule has 0 aromatic heterocycles. The molecule has 0 saturated carbocycles. The molecular weight excluding hydrogens is 214 g/mol. The lowest BCUT2D eigenvalue weighted by molar-refractivity contribution is -0.0211. The number of hydrazone groups is 1. The molecule has 0 fully saturated rings. The lowest BCUT2D eigenvalue weighted by Crippen LogP contribution is -2.38. The van der Waals surface area contributed by atoms with Crippen molar-refractivity contribution in [2.75, 3.05) is 11.9 Å². The SMILES string of the molecule is CN(C1=CC(F)=NN(F)N1)c1ccccc1. The third-order valence-electron chi connectivity index (χ3n) is 2.15. The Labute approximate surface area is 91.4 Å². The molecule has 1 heterocycles. The van der Waals surface area contributed by atoms with Crippen LogP contribution in [-0.4, -0.2) is 18.4 Å². The van der Waals surface area contributed by atoms with Crippen molar-refractivity contribution in [2.45, 2.75) is 0 Å². The van der Waals surface area contributed by atoms with Gasteiger partial charge in [-0.3, -0.25) is 0 Å². The summed E-state index contributed by atoms with van der Waals surface area (Å²) in [6.45, 7) is 0. The van der Waals surface area contributed by atoms with Gasteiger partial charge in [0.15, 0.2) is 0 Å². The Balaban J connectivity index is 2.23. The van der Waals surface area contributed by atoms with Gasteiger partial charge in [0.25, 0.3) is 0 Å². The number of anilines is 1. The second-order valence-electron chi connectivity index (χ2n) is 3.22. The zero-order valence-corrected chi connectivity index (χ0v) is 8.56. The monoisotopic (exact) mass is 224 g/mol. The van der Waals surface area contributed by atoms with Crippen molar-refractivity contribution < 1.29 is 8.87 Å². The number of hydrazine groups is 1. The van der Waals surface area contributed by atoms with E-state index in [0.717, 1.165) is 11.8 Å². The molecule has 1 aliphatic heterocycles. The van der Waals surface area contributed by atoms with E-state index in [0.29, 0.717) is 0 Å². The van der Waals surface area contributed by atoms with Crippen LogP contribution < -0.4 is 10.3 Å². The third kappa shape index (κ3) is 2.10. The average Bonchev–Trinajstić information content (AvgIpc) is 2.28. The fourth-order valence-corrected chi connectivity index (χ4v) is 1.34. The Morgan fingerprint density at radius 2 is 2.00 bits per heavy atom. The number of allylic oxidation sites excluding steroid dienone is 1. The van der Waals surface area contributed by atoms with Crippen molar-refractivity contribution in [2.24, 2.45) is 5.10 Å². The highest BCUT2D eigenvalue weighted by atomic mass is 19.2. The number of nitrogens with one attached hydrogen (secondary N) is 1. The predicted octanol–water partition coefficient (Wildman–Crippen LogP) is 1.95. The van der Waals surface area contributed by atoms with Crippen LogP contribution in [0.3, 0.4) is 0 Å². The lowest BCUT2D eigenvalue weighted by Gasteiger charge is -2.26. The Kier molecular flexibility index (Phi) is 2.72. The van der Waals surface area contributed by atoms with Gasteiger partial charge in [0, 0.05) is 18.8 Å². The molecule has 0 saturated heterocycles. The highest BCUT2D eigenvalue weighted by Gasteiger charge is 2.16. The summed E-state index contributed by atoms with van der Waals surface area (Å²) in [6.07, 6.45) is 1.11. The Morgan fingerprint density at radius 1 is 1.31 bits per heavy atom. The van der Waals surface area contributed by atoms with E-state index in [1.54, 1.807) is 11.9 Å². The first-order valence-electron chi connectivity index (χ1n) is 4.64. The van der Waals surface area contributed by atoms with Gasteiger partial charge in [-0.05, 0) is 17.5 Å². The van der Waals surface area contributed by atoms with E-state index in [9.17, 15) is 8.87 Å². The number of nitrogens with zero attached hydrogens (tertiary/aromatic N) is 3. The fourth-order valence-electron chi connectivity index (χ4n) is 1.34. The first-order chi connectivity index (χ1) is 7.66. The summed E-state index contributed by atoms with van der Waals surface area (Å²) in [5.41, 5.74) is 3.08. The number of rotatable bonds is 2. The van der Waals surface area contributed by atoms with Gasteiger partial charge in [-0.25, -0.2) is 5.43 Å². The zero-order chi connectivity index (χ0) is 11.5. The average molecular weight is 224 g/mol. The normalized spacial score (nSPS) is 15.1. The van der Waals surface area contributed by atoms with E-state index in [1.807, 2.05) is 30.3 Å². The largest absolute Gasteiger partial charge is 0.330 e. The number of benzene rings is 1. The van der Waals surface area contributed by atoms with Crippen LogP contribution in [0, 0.1) is 0 Å². The van der Waals surface area contributed by atoms with E-state index in [-0.39, 0.29) is 11.2 Å². The Bertz CT molecular complexity index is 430. The van der Waals surface area contributed by atoms with Crippen LogP contribution in [0.4, 0.5) is 14.6 Å². The Hall–Kier alpha value is -2.11. The molecule has 0 amide bonds. The maximum absolute atomic E-state index is 12.9. The number of para-hydroxylation sites is 1. The van der Waals surface area contributed by atoms with Crippen LogP contribution in [0.2, 0.25) is 0 Å². The van der Waals surface area contributed by atoms with Gasteiger partial charge >= 0.3 is 0 Å². The van der Waals surface area contributed by atoms with Gasteiger partial charge < -0.3 is 4.90 Å². The highest BCUT2D eigenvalue weighted by Crippen LogP contribution is 2.17. The molecule has 6 heteroatoms. The summed E-state index contributed by atoms with van der Waals surface area (Å²) < 4.78 is 25.7. The molecule has 4 nitrogen and oxygen atoms in total. The van der Waals surface area contributed by atoms with Crippen LogP contribution in [0.25, 0.3) is 0 Å². The van der Waals surface area contributed by atoms with Gasteiger partial charge in [-0.15, -0.1) is 0 Å². The van der Waals surface area contributed by atoms with Crippen LogP contribution >= 0.6 is 0 Å². The van der Waals surface area contributed by atoms with Crippen LogP contribution in [0.1, 0.15) is 0 Å². The maximum Gasteiger partial charge on any atom is 0.239 e. The highest BCUT2D eigenvalue weighted by molar-refractivity contribution is 5.88. The molecule has 0 unspecified atom stereocenters. The van der Waals surface area contributed by atoms with E-state index in [4.69, 9.17) is 0 Å². The molecule has 0 bridgehead atoms. The second-order valence-corrected chi connectivity index (χ2v) is 3.22. The minimum atomic E-state index is -0.890. The fraction of sp³-hybridized carbons (Fsp3) is 0.100. The summed E-state index contributed by atoms with van der Waals surface area (Å²) in [6, 6.07) is 9.20. The summed E-state index contributed by atoms with van der Waals surface area (Å²) in [7, 11) is 1.70. The summed E-state index contributed by atoms with van der Waals surface area (Å²) in [5, 5.41) is 2.75. The topological polar surface area (TPSA) is 30.9 Å². The number of hydrogen-bond acceptors (Lipinski definition) is 4. The van der Waals surface area contributed by atoms with Crippen molar-refractivity contribution in [1.82, 2.24) is 10.8 Å². The van der Waals surface area contributed by atoms with Gasteiger partial charge in [-0.1, -0.05) is 27.8 Å². The minimum Gasteiger partial charge on any atom is -0.330 e. The summed E-state index contributed by atoms with van der Waals surface area (Å²) >= 11 is 0. The van der Waals surface area contributed by atoms with Crippen molar-refractivity contribution in [3.63, 3.8) is 0 Å². The van der Waals surface area contributed by atoms with Crippen molar-refractivity contribution in [3.05, 3.63) is 42.2 Å². The van der Waals surface area contributed by atoms with Crippen molar-refractivity contribution >= 4 is 11.7 Å². The summed E-state index contributed by atoms with van der Waals surface area (Å²) in [4.78, 5) is 1.61. The second kappa shape index (κ2) is 4.18. The van der Waals surface area contributed by atoms with Gasteiger partial charge in [0.05, 0.1) is 0 Å². The summed E-state index contributed by atoms with van der Waals surface area (Å²) in [5.74, 6) is -0.625.